The van der Waals surface area contributed by atoms with E-state index in [9.17, 15) is 9.50 Å². The van der Waals surface area contributed by atoms with E-state index in [1.807, 2.05) is 0 Å². The van der Waals surface area contributed by atoms with Crippen LogP contribution in [0.1, 0.15) is 18.0 Å². The first-order chi connectivity index (χ1) is 6.18. The minimum Gasteiger partial charge on any atom is -0.505 e. The van der Waals surface area contributed by atoms with Crippen molar-refractivity contribution in [2.45, 2.75) is 12.5 Å². The van der Waals surface area contributed by atoms with Gasteiger partial charge in [0.15, 0.2) is 11.6 Å². The molecule has 13 heavy (non-hydrogen) atoms. The zero-order chi connectivity index (χ0) is 9.42. The Hall–Kier alpha value is -0.610. The molecule has 1 aliphatic heterocycles. The molecule has 0 bridgehead atoms. The molecule has 0 unspecified atom stereocenters. The molecule has 1 atom stereocenters. The first kappa shape index (κ1) is 8.97. The Morgan fingerprint density at radius 3 is 2.77 bits per heavy atom. The maximum Gasteiger partial charge on any atom is 0.166 e. The number of aromatic hydroxyl groups is 1. The van der Waals surface area contributed by atoms with Gasteiger partial charge in [-0.2, -0.15) is 0 Å². The molecule has 1 aliphatic rings. The summed E-state index contributed by atoms with van der Waals surface area (Å²) in [4.78, 5) is 0. The van der Waals surface area contributed by atoms with E-state index in [2.05, 4.69) is 21.2 Å². The number of phenols is 1. The molecule has 0 aliphatic carbocycles. The summed E-state index contributed by atoms with van der Waals surface area (Å²) in [5, 5.41) is 12.5. The first-order valence-electron chi connectivity index (χ1n) is 4.10. The van der Waals surface area contributed by atoms with Crippen LogP contribution in [0.3, 0.4) is 0 Å². The summed E-state index contributed by atoms with van der Waals surface area (Å²) in [5.41, 5.74) is 0.637. The number of rotatable bonds is 1. The molecule has 0 amide bonds. The molecule has 0 aromatic heterocycles. The molecule has 0 radical (unpaired) electrons. The van der Waals surface area contributed by atoms with E-state index in [0.29, 0.717) is 10.0 Å². The summed E-state index contributed by atoms with van der Waals surface area (Å²) in [5.74, 6) is -0.807. The number of nitrogens with one attached hydrogen (secondary N) is 1. The van der Waals surface area contributed by atoms with Crippen molar-refractivity contribution in [3.8, 4) is 5.75 Å². The predicted octanol–water partition coefficient (Wildman–Crippen LogP) is 2.33. The average molecular weight is 246 g/mol. The Morgan fingerprint density at radius 1 is 1.54 bits per heavy atom. The van der Waals surface area contributed by atoms with Crippen molar-refractivity contribution in [3.05, 3.63) is 28.0 Å². The molecule has 2 rings (SSSR count). The van der Waals surface area contributed by atoms with Crippen LogP contribution < -0.4 is 5.32 Å². The molecule has 1 aromatic rings. The molecule has 70 valence electrons. The summed E-state index contributed by atoms with van der Waals surface area (Å²) in [6.07, 6.45) is 0.948. The second-order valence-corrected chi connectivity index (χ2v) is 4.04. The summed E-state index contributed by atoms with van der Waals surface area (Å²) in [7, 11) is 0. The van der Waals surface area contributed by atoms with E-state index in [0.717, 1.165) is 13.0 Å². The maximum absolute atomic E-state index is 13.1. The maximum atomic E-state index is 13.1. The van der Waals surface area contributed by atoms with Crippen LogP contribution in [0.15, 0.2) is 16.6 Å². The van der Waals surface area contributed by atoms with Crippen molar-refractivity contribution < 1.29 is 9.50 Å². The number of halogens is 2. The molecule has 2 nitrogen and oxygen atoms in total. The van der Waals surface area contributed by atoms with Gasteiger partial charge in [0.05, 0.1) is 0 Å². The van der Waals surface area contributed by atoms with Gasteiger partial charge in [0.1, 0.15) is 0 Å². The summed E-state index contributed by atoms with van der Waals surface area (Å²) < 4.78 is 13.7. The Labute approximate surface area is 83.9 Å². The Kier molecular flexibility index (Phi) is 2.26. The third-order valence-corrected chi connectivity index (χ3v) is 2.71. The van der Waals surface area contributed by atoms with Crippen molar-refractivity contribution in [2.75, 3.05) is 6.54 Å². The Morgan fingerprint density at radius 2 is 2.23 bits per heavy atom. The lowest BCUT2D eigenvalue weighted by atomic mass is 9.97. The number of benzene rings is 1. The monoisotopic (exact) mass is 245 g/mol. The van der Waals surface area contributed by atoms with Crippen LogP contribution >= 0.6 is 15.9 Å². The third-order valence-electron chi connectivity index (χ3n) is 2.26. The first-order valence-corrected chi connectivity index (χ1v) is 4.89. The summed E-state index contributed by atoms with van der Waals surface area (Å²) in [6.45, 7) is 0.929. The minimum absolute atomic E-state index is 0.104. The van der Waals surface area contributed by atoms with E-state index >= 15 is 0 Å². The molecule has 1 saturated heterocycles. The Balaban J connectivity index is 2.42. The van der Waals surface area contributed by atoms with E-state index in [4.69, 9.17) is 0 Å². The quantitative estimate of drug-likeness (QED) is 0.797. The van der Waals surface area contributed by atoms with Crippen LogP contribution in [-0.4, -0.2) is 11.7 Å². The molecule has 1 fully saturated rings. The van der Waals surface area contributed by atoms with Crippen molar-refractivity contribution in [3.63, 3.8) is 0 Å². The zero-order valence-corrected chi connectivity index (χ0v) is 8.44. The van der Waals surface area contributed by atoms with E-state index in [1.54, 1.807) is 6.07 Å². The SMILES string of the molecule is Oc1c(F)cc(Br)cc1[C@H]1CCN1. The van der Waals surface area contributed by atoms with Crippen molar-refractivity contribution >= 4 is 15.9 Å². The molecule has 4 heteroatoms. The van der Waals surface area contributed by atoms with Gasteiger partial charge in [0.2, 0.25) is 0 Å². The van der Waals surface area contributed by atoms with Crippen LogP contribution in [-0.2, 0) is 0 Å². The highest BCUT2D eigenvalue weighted by molar-refractivity contribution is 9.10. The summed E-state index contributed by atoms with van der Waals surface area (Å²) in [6, 6.07) is 3.11. The fourth-order valence-electron chi connectivity index (χ4n) is 1.41. The van der Waals surface area contributed by atoms with E-state index in [1.165, 1.54) is 6.07 Å². The third kappa shape index (κ3) is 1.56. The van der Waals surface area contributed by atoms with E-state index in [-0.39, 0.29) is 11.8 Å². The zero-order valence-electron chi connectivity index (χ0n) is 6.85. The largest absolute Gasteiger partial charge is 0.505 e. The molecule has 1 heterocycles. The molecular weight excluding hydrogens is 237 g/mol. The second-order valence-electron chi connectivity index (χ2n) is 3.12. The fourth-order valence-corrected chi connectivity index (χ4v) is 1.85. The van der Waals surface area contributed by atoms with Gasteiger partial charge in [-0.05, 0) is 25.1 Å². The van der Waals surface area contributed by atoms with Gasteiger partial charge in [-0.3, -0.25) is 0 Å². The molecule has 2 N–H and O–H groups in total. The van der Waals surface area contributed by atoms with Crippen LogP contribution in [0.4, 0.5) is 4.39 Å². The van der Waals surface area contributed by atoms with Gasteiger partial charge in [0.25, 0.3) is 0 Å². The summed E-state index contributed by atoms with van der Waals surface area (Å²) >= 11 is 3.19. The fraction of sp³-hybridized carbons (Fsp3) is 0.333. The number of hydrogen-bond acceptors (Lipinski definition) is 2. The Bertz CT molecular complexity index is 339. The normalized spacial score (nSPS) is 21.2. The van der Waals surface area contributed by atoms with Crippen LogP contribution in [0.2, 0.25) is 0 Å². The molecule has 1 aromatic carbocycles. The van der Waals surface area contributed by atoms with Gasteiger partial charge in [-0.15, -0.1) is 0 Å². The highest BCUT2D eigenvalue weighted by Gasteiger charge is 2.23. The average Bonchev–Trinajstić information content (AvgIpc) is 1.95. The molecule has 0 spiro atoms. The number of hydrogen-bond donors (Lipinski definition) is 2. The van der Waals surface area contributed by atoms with Gasteiger partial charge in [-0.1, -0.05) is 15.9 Å². The van der Waals surface area contributed by atoms with Gasteiger partial charge in [-0.25, -0.2) is 4.39 Å². The lowest BCUT2D eigenvalue weighted by Crippen LogP contribution is -2.35. The molecule has 0 saturated carbocycles. The van der Waals surface area contributed by atoms with Crippen LogP contribution in [0.25, 0.3) is 0 Å². The highest BCUT2D eigenvalue weighted by Crippen LogP contribution is 2.34. The number of phenolic OH excluding ortho intramolecular Hbond substituents is 1. The standard InChI is InChI=1S/C9H9BrFNO/c10-5-3-6(8-1-2-12-8)9(13)7(11)4-5/h3-4,8,12-13H,1-2H2/t8-/m1/s1. The van der Waals surface area contributed by atoms with Gasteiger partial charge < -0.3 is 10.4 Å². The highest BCUT2D eigenvalue weighted by atomic mass is 79.9. The van der Waals surface area contributed by atoms with Crippen molar-refractivity contribution in [1.82, 2.24) is 5.32 Å². The van der Waals surface area contributed by atoms with Crippen LogP contribution in [0, 0.1) is 5.82 Å². The van der Waals surface area contributed by atoms with Crippen molar-refractivity contribution in [2.24, 2.45) is 0 Å². The second kappa shape index (κ2) is 3.27. The topological polar surface area (TPSA) is 32.3 Å². The van der Waals surface area contributed by atoms with Crippen molar-refractivity contribution in [1.29, 1.82) is 0 Å². The van der Waals surface area contributed by atoms with Crippen LogP contribution in [0.5, 0.6) is 5.75 Å². The smallest absolute Gasteiger partial charge is 0.166 e. The predicted molar refractivity (Wildman–Crippen MR) is 51.1 cm³/mol. The van der Waals surface area contributed by atoms with Gasteiger partial charge in [0, 0.05) is 16.1 Å². The lowest BCUT2D eigenvalue weighted by molar-refractivity contribution is 0.354. The van der Waals surface area contributed by atoms with Gasteiger partial charge >= 0.3 is 0 Å². The lowest BCUT2D eigenvalue weighted by Gasteiger charge is -2.28. The molecular formula is C9H9BrFNO. The minimum atomic E-state index is -0.571. The van der Waals surface area contributed by atoms with E-state index < -0.39 is 5.82 Å².